The minimum atomic E-state index is -0.663. The van der Waals surface area contributed by atoms with E-state index in [4.69, 9.17) is 0 Å². The molecule has 5 nitrogen and oxygen atoms in total. The van der Waals surface area contributed by atoms with Crippen molar-refractivity contribution in [1.29, 1.82) is 0 Å². The molecule has 1 aliphatic rings. The van der Waals surface area contributed by atoms with Crippen molar-refractivity contribution >= 4 is 5.71 Å². The summed E-state index contributed by atoms with van der Waals surface area (Å²) >= 11 is 0. The van der Waals surface area contributed by atoms with E-state index in [9.17, 15) is 10.2 Å². The average Bonchev–Trinajstić information content (AvgIpc) is 3.06. The molecule has 5 heteroatoms. The van der Waals surface area contributed by atoms with Crippen molar-refractivity contribution in [3.05, 3.63) is 0 Å². The van der Waals surface area contributed by atoms with Gasteiger partial charge in [0, 0.05) is 13.8 Å². The van der Waals surface area contributed by atoms with Crippen molar-refractivity contribution < 1.29 is 14.8 Å². The third-order valence-corrected chi connectivity index (χ3v) is 4.31. The van der Waals surface area contributed by atoms with Gasteiger partial charge in [0.25, 0.3) is 12.5 Å². The zero-order valence-corrected chi connectivity index (χ0v) is 13.9. The summed E-state index contributed by atoms with van der Waals surface area (Å²) in [5.41, 5.74) is 1.16. The number of hydrogen-bond acceptors (Lipinski definition) is 4. The van der Waals surface area contributed by atoms with Gasteiger partial charge in [-0.2, -0.15) is 4.58 Å². The molecule has 0 aromatic rings. The minimum absolute atomic E-state index is 0.314. The SMILES string of the molecule is CCN(CC)C1C(=[N+](C(C)O)C(C)O)C1N(CC)CC. The van der Waals surface area contributed by atoms with E-state index in [1.807, 2.05) is 0 Å². The predicted octanol–water partition coefficient (Wildman–Crippen LogP) is 0.551. The van der Waals surface area contributed by atoms with Crippen LogP contribution in [0.2, 0.25) is 0 Å². The molecule has 0 heterocycles. The average molecular weight is 286 g/mol. The van der Waals surface area contributed by atoms with Crippen LogP contribution >= 0.6 is 0 Å². The third kappa shape index (κ3) is 3.39. The zero-order valence-electron chi connectivity index (χ0n) is 13.9. The van der Waals surface area contributed by atoms with Gasteiger partial charge < -0.3 is 10.2 Å². The molecule has 0 amide bonds. The molecule has 0 saturated heterocycles. The monoisotopic (exact) mass is 286 g/mol. The molecule has 1 fully saturated rings. The fourth-order valence-corrected chi connectivity index (χ4v) is 3.28. The van der Waals surface area contributed by atoms with Gasteiger partial charge in [-0.25, -0.2) is 0 Å². The van der Waals surface area contributed by atoms with Gasteiger partial charge in [-0.1, -0.05) is 27.7 Å². The van der Waals surface area contributed by atoms with Crippen molar-refractivity contribution in [2.24, 2.45) is 0 Å². The first kappa shape index (κ1) is 17.6. The molecule has 118 valence electrons. The molecule has 20 heavy (non-hydrogen) atoms. The Balaban J connectivity index is 3.16. The van der Waals surface area contributed by atoms with Crippen LogP contribution in [-0.4, -0.2) is 81.0 Å². The van der Waals surface area contributed by atoms with Crippen LogP contribution in [0.5, 0.6) is 0 Å². The second-order valence-corrected chi connectivity index (χ2v) is 5.43. The van der Waals surface area contributed by atoms with Gasteiger partial charge >= 0.3 is 0 Å². The van der Waals surface area contributed by atoms with E-state index < -0.39 is 12.5 Å². The fourth-order valence-electron chi connectivity index (χ4n) is 3.28. The Labute approximate surface area is 123 Å². The molecule has 1 aliphatic carbocycles. The number of nitrogens with zero attached hydrogens (tertiary/aromatic N) is 3. The third-order valence-electron chi connectivity index (χ3n) is 4.31. The Morgan fingerprint density at radius 1 is 0.850 bits per heavy atom. The summed E-state index contributed by atoms with van der Waals surface area (Å²) in [5, 5.41) is 20.0. The topological polar surface area (TPSA) is 50.0 Å². The van der Waals surface area contributed by atoms with E-state index in [2.05, 4.69) is 37.5 Å². The first-order chi connectivity index (χ1) is 9.44. The summed E-state index contributed by atoms with van der Waals surface area (Å²) in [4.78, 5) is 4.80. The van der Waals surface area contributed by atoms with Crippen LogP contribution < -0.4 is 0 Å². The Hall–Kier alpha value is -0.490. The lowest BCUT2D eigenvalue weighted by Crippen LogP contribution is -2.36. The van der Waals surface area contributed by atoms with Crippen LogP contribution in [0.15, 0.2) is 0 Å². The summed E-state index contributed by atoms with van der Waals surface area (Å²) in [6.07, 6.45) is -1.33. The maximum atomic E-state index is 9.99. The predicted molar refractivity (Wildman–Crippen MR) is 82.0 cm³/mol. The zero-order chi connectivity index (χ0) is 15.4. The Bertz CT molecular complexity index is 304. The van der Waals surface area contributed by atoms with E-state index in [1.165, 1.54) is 0 Å². The largest absolute Gasteiger partial charge is 0.337 e. The molecule has 1 rings (SSSR count). The standard InChI is InChI=1S/C15H32N3O2/c1-7-16(8-2)13-14(17(9-3)10-4)15(13)18(11(5)19)12(6)20/h11-14,19-20H,7-10H2,1-6H3/q+1. The molecule has 0 aromatic carbocycles. The van der Waals surface area contributed by atoms with Gasteiger partial charge in [-0.15, -0.1) is 0 Å². The van der Waals surface area contributed by atoms with Gasteiger partial charge in [-0.3, -0.25) is 9.80 Å². The van der Waals surface area contributed by atoms with E-state index in [0.29, 0.717) is 12.1 Å². The van der Waals surface area contributed by atoms with Crippen molar-refractivity contribution in [2.45, 2.75) is 66.1 Å². The number of likely N-dealkylation sites (N-methyl/N-ethyl adjacent to an activating group) is 2. The number of aliphatic hydroxyl groups is 2. The summed E-state index contributed by atoms with van der Waals surface area (Å²) in [5.74, 6) is 0. The fraction of sp³-hybridized carbons (Fsp3) is 0.933. The van der Waals surface area contributed by atoms with Crippen molar-refractivity contribution in [3.63, 3.8) is 0 Å². The smallest absolute Gasteiger partial charge is 0.254 e. The number of rotatable bonds is 8. The lowest BCUT2D eigenvalue weighted by Gasteiger charge is -2.20. The lowest BCUT2D eigenvalue weighted by molar-refractivity contribution is -0.665. The van der Waals surface area contributed by atoms with Crippen LogP contribution in [0.25, 0.3) is 0 Å². The molecule has 0 spiro atoms. The van der Waals surface area contributed by atoms with E-state index >= 15 is 0 Å². The maximum absolute atomic E-state index is 9.99. The van der Waals surface area contributed by atoms with Crippen molar-refractivity contribution in [3.8, 4) is 0 Å². The summed E-state index contributed by atoms with van der Waals surface area (Å²) in [6, 6.07) is 0.628. The highest BCUT2D eigenvalue weighted by Crippen LogP contribution is 2.31. The molecule has 0 radical (unpaired) electrons. The summed E-state index contributed by atoms with van der Waals surface area (Å²) in [7, 11) is 0. The van der Waals surface area contributed by atoms with E-state index in [0.717, 1.165) is 31.9 Å². The Morgan fingerprint density at radius 2 is 1.15 bits per heavy atom. The van der Waals surface area contributed by atoms with Crippen molar-refractivity contribution in [1.82, 2.24) is 9.80 Å². The van der Waals surface area contributed by atoms with E-state index in [-0.39, 0.29) is 0 Å². The van der Waals surface area contributed by atoms with Crippen LogP contribution in [0.1, 0.15) is 41.5 Å². The highest BCUT2D eigenvalue weighted by molar-refractivity contribution is 6.08. The van der Waals surface area contributed by atoms with Crippen LogP contribution in [0.3, 0.4) is 0 Å². The second kappa shape index (κ2) is 7.50. The highest BCUT2D eigenvalue weighted by Gasteiger charge is 2.60. The first-order valence-corrected chi connectivity index (χ1v) is 7.93. The normalized spacial score (nSPS) is 25.2. The molecule has 0 aromatic heterocycles. The summed E-state index contributed by atoms with van der Waals surface area (Å²) in [6.45, 7) is 16.0. The van der Waals surface area contributed by atoms with Crippen LogP contribution in [0.4, 0.5) is 0 Å². The highest BCUT2D eigenvalue weighted by atomic mass is 16.3. The molecular weight excluding hydrogens is 254 g/mol. The molecule has 2 N–H and O–H groups in total. The van der Waals surface area contributed by atoms with Gasteiger partial charge in [0.05, 0.1) is 0 Å². The Kier molecular flexibility index (Phi) is 6.58. The van der Waals surface area contributed by atoms with Gasteiger partial charge in [0.2, 0.25) is 0 Å². The molecule has 0 bridgehead atoms. The minimum Gasteiger partial charge on any atom is -0.337 e. The van der Waals surface area contributed by atoms with Crippen LogP contribution in [0, 0.1) is 0 Å². The van der Waals surface area contributed by atoms with Crippen LogP contribution in [-0.2, 0) is 0 Å². The molecule has 4 atom stereocenters. The Morgan fingerprint density at radius 3 is 1.35 bits per heavy atom. The van der Waals surface area contributed by atoms with Gasteiger partial charge in [0.1, 0.15) is 12.1 Å². The maximum Gasteiger partial charge on any atom is 0.254 e. The number of hydrogen-bond donors (Lipinski definition) is 2. The van der Waals surface area contributed by atoms with E-state index in [1.54, 1.807) is 18.4 Å². The quantitative estimate of drug-likeness (QED) is 0.505. The number of aliphatic hydroxyl groups excluding tert-OH is 2. The molecule has 4 unspecified atom stereocenters. The van der Waals surface area contributed by atoms with Gasteiger partial charge in [0.15, 0.2) is 5.71 Å². The summed E-state index contributed by atoms with van der Waals surface area (Å²) < 4.78 is 1.76. The lowest BCUT2D eigenvalue weighted by atomic mass is 10.4. The molecule has 0 aliphatic heterocycles. The molecular formula is C15H32N3O2+. The first-order valence-electron chi connectivity index (χ1n) is 7.93. The van der Waals surface area contributed by atoms with Gasteiger partial charge in [-0.05, 0) is 26.2 Å². The second-order valence-electron chi connectivity index (χ2n) is 5.43. The molecule has 1 saturated carbocycles. The van der Waals surface area contributed by atoms with Crippen molar-refractivity contribution in [2.75, 3.05) is 26.2 Å².